The van der Waals surface area contributed by atoms with Crippen LogP contribution in [-0.2, 0) is 11.2 Å². The molecule has 5 heteroatoms. The summed E-state index contributed by atoms with van der Waals surface area (Å²) in [5.41, 5.74) is 2.05. The van der Waals surface area contributed by atoms with Gasteiger partial charge in [-0.25, -0.2) is 0 Å². The van der Waals surface area contributed by atoms with Crippen molar-refractivity contribution in [1.29, 1.82) is 0 Å². The predicted molar refractivity (Wildman–Crippen MR) is 78.5 cm³/mol. The molecular formula is C14H18N2O2S. The van der Waals surface area contributed by atoms with E-state index in [-0.39, 0.29) is 17.7 Å². The summed E-state index contributed by atoms with van der Waals surface area (Å²) in [5, 5.41) is 2.81. The third-order valence-electron chi connectivity index (χ3n) is 2.96. The molecular weight excluding hydrogens is 260 g/mol. The summed E-state index contributed by atoms with van der Waals surface area (Å²) >= 11 is 1.27. The zero-order valence-corrected chi connectivity index (χ0v) is 11.8. The Labute approximate surface area is 117 Å². The molecule has 1 aliphatic rings. The van der Waals surface area contributed by atoms with E-state index >= 15 is 0 Å². The number of hydrogen-bond donors (Lipinski definition) is 1. The van der Waals surface area contributed by atoms with Crippen LogP contribution in [0, 0.1) is 0 Å². The van der Waals surface area contributed by atoms with Crippen LogP contribution in [0.15, 0.2) is 24.3 Å². The zero-order valence-electron chi connectivity index (χ0n) is 11.0. The average molecular weight is 278 g/mol. The third kappa shape index (κ3) is 3.99. The summed E-state index contributed by atoms with van der Waals surface area (Å²) in [6, 6.07) is 7.86. The Morgan fingerprint density at radius 1 is 1.37 bits per heavy atom. The Morgan fingerprint density at radius 2 is 2.11 bits per heavy atom. The van der Waals surface area contributed by atoms with Crippen molar-refractivity contribution in [2.45, 2.75) is 19.8 Å². The summed E-state index contributed by atoms with van der Waals surface area (Å²) in [7, 11) is 0. The molecule has 1 aliphatic heterocycles. The summed E-state index contributed by atoms with van der Waals surface area (Å²) in [4.78, 5) is 24.8. The molecule has 0 aliphatic carbocycles. The van der Waals surface area contributed by atoms with E-state index in [0.29, 0.717) is 6.54 Å². The number of hydrogen-bond acceptors (Lipinski definition) is 3. The lowest BCUT2D eigenvalue weighted by Crippen LogP contribution is -2.33. The summed E-state index contributed by atoms with van der Waals surface area (Å²) in [5.74, 6) is 0.636. The van der Waals surface area contributed by atoms with E-state index in [1.165, 1.54) is 17.3 Å². The van der Waals surface area contributed by atoms with E-state index in [1.807, 2.05) is 24.3 Å². The Kier molecular flexibility index (Phi) is 4.85. The average Bonchev–Trinajstić information content (AvgIpc) is 2.78. The van der Waals surface area contributed by atoms with Gasteiger partial charge >= 0.3 is 0 Å². The number of nitrogens with zero attached hydrogens (tertiary/aromatic N) is 1. The fourth-order valence-electron chi connectivity index (χ4n) is 1.99. The maximum Gasteiger partial charge on any atom is 0.282 e. The Morgan fingerprint density at radius 3 is 2.68 bits per heavy atom. The van der Waals surface area contributed by atoms with Crippen molar-refractivity contribution < 1.29 is 9.59 Å². The molecule has 1 N–H and O–H groups in total. The van der Waals surface area contributed by atoms with Crippen molar-refractivity contribution in [1.82, 2.24) is 4.90 Å². The molecule has 0 bridgehead atoms. The molecule has 0 atom stereocenters. The Balaban J connectivity index is 1.86. The van der Waals surface area contributed by atoms with E-state index in [2.05, 4.69) is 12.2 Å². The second kappa shape index (κ2) is 6.61. The van der Waals surface area contributed by atoms with E-state index in [9.17, 15) is 9.59 Å². The summed E-state index contributed by atoms with van der Waals surface area (Å²) < 4.78 is 0. The van der Waals surface area contributed by atoms with Crippen LogP contribution in [0.4, 0.5) is 10.5 Å². The minimum Gasteiger partial charge on any atom is -0.325 e. The molecule has 0 unspecified atom stereocenters. The van der Waals surface area contributed by atoms with Gasteiger partial charge in [0.25, 0.3) is 5.24 Å². The number of rotatable bonds is 5. The van der Waals surface area contributed by atoms with Crippen molar-refractivity contribution in [2.75, 3.05) is 24.2 Å². The van der Waals surface area contributed by atoms with Crippen LogP contribution in [0.3, 0.4) is 0 Å². The normalized spacial score (nSPS) is 14.8. The lowest BCUT2D eigenvalue weighted by atomic mass is 10.1. The van der Waals surface area contributed by atoms with Crippen LogP contribution in [0.25, 0.3) is 0 Å². The summed E-state index contributed by atoms with van der Waals surface area (Å²) in [6.07, 6.45) is 2.16. The number of benzene rings is 1. The third-order valence-corrected chi connectivity index (χ3v) is 3.85. The van der Waals surface area contributed by atoms with Gasteiger partial charge in [-0.15, -0.1) is 0 Å². The number of carbonyl (C=O) groups excluding carboxylic acids is 2. The molecule has 2 amide bonds. The highest BCUT2D eigenvalue weighted by Crippen LogP contribution is 2.17. The summed E-state index contributed by atoms with van der Waals surface area (Å²) in [6.45, 7) is 2.94. The highest BCUT2D eigenvalue weighted by atomic mass is 32.2. The van der Waals surface area contributed by atoms with Crippen LogP contribution < -0.4 is 5.32 Å². The van der Waals surface area contributed by atoms with Crippen LogP contribution in [0.5, 0.6) is 0 Å². The molecule has 19 heavy (non-hydrogen) atoms. The SMILES string of the molecule is CCCc1ccc(NC(=O)CN2CCSC2=O)cc1. The smallest absolute Gasteiger partial charge is 0.282 e. The van der Waals surface area contributed by atoms with Crippen molar-refractivity contribution in [3.63, 3.8) is 0 Å². The second-order valence-corrected chi connectivity index (χ2v) is 5.58. The molecule has 0 saturated carbocycles. The quantitative estimate of drug-likeness (QED) is 0.901. The molecule has 0 radical (unpaired) electrons. The molecule has 1 aromatic rings. The first-order chi connectivity index (χ1) is 9.19. The highest BCUT2D eigenvalue weighted by Gasteiger charge is 2.23. The molecule has 102 valence electrons. The van der Waals surface area contributed by atoms with Gasteiger partial charge in [0.15, 0.2) is 0 Å². The molecule has 1 aromatic carbocycles. The molecule has 0 aromatic heterocycles. The van der Waals surface area contributed by atoms with Crippen LogP contribution in [0.2, 0.25) is 0 Å². The van der Waals surface area contributed by atoms with Crippen molar-refractivity contribution in [2.24, 2.45) is 0 Å². The number of anilines is 1. The molecule has 1 fully saturated rings. The van der Waals surface area contributed by atoms with Crippen molar-refractivity contribution >= 4 is 28.6 Å². The first-order valence-corrected chi connectivity index (χ1v) is 7.48. The van der Waals surface area contributed by atoms with Crippen molar-refractivity contribution in [3.8, 4) is 0 Å². The van der Waals surface area contributed by atoms with Gasteiger partial charge < -0.3 is 10.2 Å². The minimum atomic E-state index is -0.140. The van der Waals surface area contributed by atoms with E-state index in [4.69, 9.17) is 0 Å². The molecule has 2 rings (SSSR count). The van der Waals surface area contributed by atoms with Gasteiger partial charge in [0.05, 0.1) is 0 Å². The zero-order chi connectivity index (χ0) is 13.7. The van der Waals surface area contributed by atoms with Crippen LogP contribution in [0.1, 0.15) is 18.9 Å². The first kappa shape index (κ1) is 13.9. The number of nitrogens with one attached hydrogen (secondary N) is 1. The van der Waals surface area contributed by atoms with Gasteiger partial charge in [-0.05, 0) is 24.1 Å². The van der Waals surface area contributed by atoms with Gasteiger partial charge in [0, 0.05) is 18.0 Å². The predicted octanol–water partition coefficient (Wildman–Crippen LogP) is 2.75. The topological polar surface area (TPSA) is 49.4 Å². The van der Waals surface area contributed by atoms with Crippen LogP contribution >= 0.6 is 11.8 Å². The number of carbonyl (C=O) groups is 2. The molecule has 1 saturated heterocycles. The van der Waals surface area contributed by atoms with Gasteiger partial charge in [-0.1, -0.05) is 37.2 Å². The first-order valence-electron chi connectivity index (χ1n) is 6.49. The fraction of sp³-hybridized carbons (Fsp3) is 0.429. The number of amides is 2. The molecule has 1 heterocycles. The highest BCUT2D eigenvalue weighted by molar-refractivity contribution is 8.13. The van der Waals surface area contributed by atoms with Crippen LogP contribution in [-0.4, -0.2) is 34.9 Å². The maximum absolute atomic E-state index is 11.8. The standard InChI is InChI=1S/C14H18N2O2S/c1-2-3-11-4-6-12(7-5-11)15-13(17)10-16-8-9-19-14(16)18/h4-7H,2-3,8-10H2,1H3,(H,15,17). The number of thioether (sulfide) groups is 1. The Bertz CT molecular complexity index is 459. The molecule has 0 spiro atoms. The Hall–Kier alpha value is -1.49. The minimum absolute atomic E-state index is 0.00607. The van der Waals surface area contributed by atoms with Gasteiger partial charge in [-0.2, -0.15) is 0 Å². The van der Waals surface area contributed by atoms with E-state index in [1.54, 1.807) is 4.90 Å². The van der Waals surface area contributed by atoms with Gasteiger partial charge in [0.2, 0.25) is 5.91 Å². The lowest BCUT2D eigenvalue weighted by Gasteiger charge is -2.14. The second-order valence-electron chi connectivity index (χ2n) is 4.53. The van der Waals surface area contributed by atoms with Crippen molar-refractivity contribution in [3.05, 3.63) is 29.8 Å². The van der Waals surface area contributed by atoms with Gasteiger partial charge in [-0.3, -0.25) is 9.59 Å². The van der Waals surface area contributed by atoms with E-state index < -0.39 is 0 Å². The van der Waals surface area contributed by atoms with Gasteiger partial charge in [0.1, 0.15) is 6.54 Å². The lowest BCUT2D eigenvalue weighted by molar-refractivity contribution is -0.116. The largest absolute Gasteiger partial charge is 0.325 e. The fourth-order valence-corrected chi connectivity index (χ4v) is 2.81. The van der Waals surface area contributed by atoms with E-state index in [0.717, 1.165) is 24.3 Å². The number of aryl methyl sites for hydroxylation is 1. The monoisotopic (exact) mass is 278 g/mol. The molecule has 4 nitrogen and oxygen atoms in total. The maximum atomic E-state index is 11.8.